The summed E-state index contributed by atoms with van der Waals surface area (Å²) >= 11 is 0. The third-order valence-electron chi connectivity index (χ3n) is 2.98. The molecule has 1 heterocycles. The summed E-state index contributed by atoms with van der Waals surface area (Å²) in [6, 6.07) is 0.586. The normalized spacial score (nSPS) is 14.9. The maximum atomic E-state index is 11.6. The summed E-state index contributed by atoms with van der Waals surface area (Å²) in [6.45, 7) is 6.16. The van der Waals surface area contributed by atoms with Gasteiger partial charge in [0.1, 0.15) is 5.82 Å². The van der Waals surface area contributed by atoms with Crippen molar-refractivity contribution in [3.8, 4) is 0 Å². The molecule has 1 amide bonds. The average Bonchev–Trinajstić information content (AvgIpc) is 3.05. The molecule has 100 valence electrons. The van der Waals surface area contributed by atoms with Crippen LogP contribution in [0.2, 0.25) is 0 Å². The van der Waals surface area contributed by atoms with E-state index >= 15 is 0 Å². The number of carbonyl (C=O) groups is 1. The van der Waals surface area contributed by atoms with Gasteiger partial charge >= 0.3 is 0 Å². The van der Waals surface area contributed by atoms with Crippen LogP contribution in [0.5, 0.6) is 0 Å². The summed E-state index contributed by atoms with van der Waals surface area (Å²) in [5.41, 5.74) is 7.36. The van der Waals surface area contributed by atoms with Crippen LogP contribution in [0.25, 0.3) is 0 Å². The number of nitrogens with one attached hydrogen (secondary N) is 2. The topological polar surface area (TPSA) is 85.0 Å². The van der Waals surface area contributed by atoms with Crippen molar-refractivity contribution in [2.45, 2.75) is 45.7 Å². The van der Waals surface area contributed by atoms with Crippen molar-refractivity contribution < 1.29 is 4.79 Å². The SMILES string of the molecule is Cc1nn(C(C)C)c(NCC(=O)NC2CC2)c1N. The second-order valence-corrected chi connectivity index (χ2v) is 5.08. The van der Waals surface area contributed by atoms with Crippen LogP contribution in [0.4, 0.5) is 11.5 Å². The molecule has 0 aromatic carbocycles. The van der Waals surface area contributed by atoms with Gasteiger partial charge in [0.2, 0.25) is 5.91 Å². The van der Waals surface area contributed by atoms with E-state index < -0.39 is 0 Å². The number of rotatable bonds is 5. The Morgan fingerprint density at radius 3 is 2.78 bits per heavy atom. The van der Waals surface area contributed by atoms with Gasteiger partial charge in [-0.2, -0.15) is 5.10 Å². The fourth-order valence-corrected chi connectivity index (χ4v) is 1.78. The van der Waals surface area contributed by atoms with Crippen molar-refractivity contribution in [3.63, 3.8) is 0 Å². The Bertz CT molecular complexity index is 448. The second kappa shape index (κ2) is 4.88. The van der Waals surface area contributed by atoms with Crippen molar-refractivity contribution in [3.05, 3.63) is 5.69 Å². The van der Waals surface area contributed by atoms with Gasteiger partial charge in [0.05, 0.1) is 17.9 Å². The number of aromatic nitrogens is 2. The predicted molar refractivity (Wildman–Crippen MR) is 71.4 cm³/mol. The largest absolute Gasteiger partial charge is 0.394 e. The summed E-state index contributed by atoms with van der Waals surface area (Å²) in [5, 5.41) is 10.4. The van der Waals surface area contributed by atoms with E-state index in [-0.39, 0.29) is 18.5 Å². The van der Waals surface area contributed by atoms with Crippen molar-refractivity contribution in [1.29, 1.82) is 0 Å². The summed E-state index contributed by atoms with van der Waals surface area (Å²) in [6.07, 6.45) is 2.19. The molecule has 18 heavy (non-hydrogen) atoms. The van der Waals surface area contributed by atoms with Crippen LogP contribution in [0.15, 0.2) is 0 Å². The van der Waals surface area contributed by atoms with E-state index in [4.69, 9.17) is 5.73 Å². The number of nitrogens with zero attached hydrogens (tertiary/aromatic N) is 2. The molecule has 0 spiro atoms. The zero-order valence-electron chi connectivity index (χ0n) is 11.2. The number of nitrogen functional groups attached to an aromatic ring is 1. The number of aryl methyl sites for hydroxylation is 1. The first-order valence-electron chi connectivity index (χ1n) is 6.37. The molecule has 2 rings (SSSR count). The van der Waals surface area contributed by atoms with Crippen molar-refractivity contribution in [2.75, 3.05) is 17.6 Å². The van der Waals surface area contributed by atoms with Crippen LogP contribution in [-0.4, -0.2) is 28.3 Å². The Balaban J connectivity index is 2.00. The van der Waals surface area contributed by atoms with E-state index in [1.165, 1.54) is 0 Å². The first-order valence-corrected chi connectivity index (χ1v) is 6.37. The third kappa shape index (κ3) is 2.75. The molecule has 0 unspecified atom stereocenters. The van der Waals surface area contributed by atoms with Gasteiger partial charge in [0.15, 0.2) is 0 Å². The molecule has 0 radical (unpaired) electrons. The van der Waals surface area contributed by atoms with Gasteiger partial charge < -0.3 is 16.4 Å². The molecular formula is C12H21N5O. The monoisotopic (exact) mass is 251 g/mol. The zero-order chi connectivity index (χ0) is 13.3. The molecular weight excluding hydrogens is 230 g/mol. The Morgan fingerprint density at radius 2 is 2.22 bits per heavy atom. The van der Waals surface area contributed by atoms with Gasteiger partial charge in [-0.25, -0.2) is 4.68 Å². The lowest BCUT2D eigenvalue weighted by Crippen LogP contribution is -2.32. The molecule has 1 aromatic heterocycles. The molecule has 4 N–H and O–H groups in total. The highest BCUT2D eigenvalue weighted by atomic mass is 16.2. The Labute approximate surface area is 107 Å². The van der Waals surface area contributed by atoms with E-state index in [0.717, 1.165) is 24.4 Å². The Hall–Kier alpha value is -1.72. The number of hydrogen-bond acceptors (Lipinski definition) is 4. The van der Waals surface area contributed by atoms with Crippen molar-refractivity contribution in [2.24, 2.45) is 0 Å². The molecule has 0 bridgehead atoms. The van der Waals surface area contributed by atoms with Gasteiger partial charge in [-0.3, -0.25) is 4.79 Å². The molecule has 1 aliphatic carbocycles. The summed E-state index contributed by atoms with van der Waals surface area (Å²) in [7, 11) is 0. The maximum absolute atomic E-state index is 11.6. The number of anilines is 2. The van der Waals surface area contributed by atoms with E-state index in [1.54, 1.807) is 0 Å². The van der Waals surface area contributed by atoms with Gasteiger partial charge in [-0.05, 0) is 33.6 Å². The number of carbonyl (C=O) groups excluding carboxylic acids is 1. The van der Waals surface area contributed by atoms with Gasteiger partial charge in [-0.15, -0.1) is 0 Å². The molecule has 0 aliphatic heterocycles. The smallest absolute Gasteiger partial charge is 0.239 e. The summed E-state index contributed by atoms with van der Waals surface area (Å²) < 4.78 is 1.81. The first kappa shape index (κ1) is 12.7. The Morgan fingerprint density at radius 1 is 1.56 bits per heavy atom. The molecule has 1 aliphatic rings. The van der Waals surface area contributed by atoms with Crippen LogP contribution in [0.3, 0.4) is 0 Å². The lowest BCUT2D eigenvalue weighted by molar-refractivity contribution is -0.119. The fourth-order valence-electron chi connectivity index (χ4n) is 1.78. The predicted octanol–water partition coefficient (Wildman–Crippen LogP) is 1.05. The molecule has 1 fully saturated rings. The quantitative estimate of drug-likeness (QED) is 0.730. The molecule has 0 atom stereocenters. The molecule has 6 nitrogen and oxygen atoms in total. The van der Waals surface area contributed by atoms with E-state index in [2.05, 4.69) is 15.7 Å². The summed E-state index contributed by atoms with van der Waals surface area (Å²) in [5.74, 6) is 0.736. The van der Waals surface area contributed by atoms with Gasteiger partial charge in [0.25, 0.3) is 0 Å². The standard InChI is InChI=1S/C12H21N5O/c1-7(2)17-12(11(13)8(3)16-17)14-6-10(18)15-9-4-5-9/h7,9,14H,4-6,13H2,1-3H3,(H,15,18). The van der Waals surface area contributed by atoms with Crippen molar-refractivity contribution in [1.82, 2.24) is 15.1 Å². The lowest BCUT2D eigenvalue weighted by Gasteiger charge is -2.13. The minimum atomic E-state index is 0.00561. The number of hydrogen-bond donors (Lipinski definition) is 3. The highest BCUT2D eigenvalue weighted by Crippen LogP contribution is 2.25. The molecule has 0 saturated heterocycles. The van der Waals surface area contributed by atoms with E-state index in [0.29, 0.717) is 11.7 Å². The number of amides is 1. The van der Waals surface area contributed by atoms with Gasteiger partial charge in [-0.1, -0.05) is 0 Å². The van der Waals surface area contributed by atoms with Crippen molar-refractivity contribution >= 4 is 17.4 Å². The van der Waals surface area contributed by atoms with Gasteiger partial charge in [0, 0.05) is 12.1 Å². The zero-order valence-corrected chi connectivity index (χ0v) is 11.2. The summed E-state index contributed by atoms with van der Waals surface area (Å²) in [4.78, 5) is 11.6. The van der Waals surface area contributed by atoms with E-state index in [1.807, 2.05) is 25.5 Å². The highest BCUT2D eigenvalue weighted by Gasteiger charge is 2.23. The number of nitrogens with two attached hydrogens (primary N) is 1. The fraction of sp³-hybridized carbons (Fsp3) is 0.667. The van der Waals surface area contributed by atoms with Crippen LogP contribution >= 0.6 is 0 Å². The first-order chi connectivity index (χ1) is 8.49. The third-order valence-corrected chi connectivity index (χ3v) is 2.98. The average molecular weight is 251 g/mol. The second-order valence-electron chi connectivity index (χ2n) is 5.08. The van der Waals surface area contributed by atoms with Crippen LogP contribution in [-0.2, 0) is 4.79 Å². The van der Waals surface area contributed by atoms with Crippen LogP contribution < -0.4 is 16.4 Å². The minimum absolute atomic E-state index is 0.00561. The van der Waals surface area contributed by atoms with Crippen LogP contribution in [0.1, 0.15) is 38.4 Å². The highest BCUT2D eigenvalue weighted by molar-refractivity contribution is 5.82. The molecule has 1 saturated carbocycles. The van der Waals surface area contributed by atoms with Crippen LogP contribution in [0, 0.1) is 6.92 Å². The molecule has 1 aromatic rings. The Kier molecular flexibility index (Phi) is 3.45. The molecule has 6 heteroatoms. The van der Waals surface area contributed by atoms with E-state index in [9.17, 15) is 4.79 Å². The lowest BCUT2D eigenvalue weighted by atomic mass is 10.3. The maximum Gasteiger partial charge on any atom is 0.239 e. The minimum Gasteiger partial charge on any atom is -0.394 e.